The van der Waals surface area contributed by atoms with Gasteiger partial charge in [-0.15, -0.1) is 0 Å². The van der Waals surface area contributed by atoms with Crippen LogP contribution >= 0.6 is 0 Å². The maximum atomic E-state index is 13.1. The van der Waals surface area contributed by atoms with E-state index < -0.39 is 54.1 Å². The van der Waals surface area contributed by atoms with Crippen LogP contribution in [0.3, 0.4) is 0 Å². The van der Waals surface area contributed by atoms with E-state index in [1.807, 2.05) is 0 Å². The van der Waals surface area contributed by atoms with Crippen molar-refractivity contribution < 1.29 is 29.4 Å². The van der Waals surface area contributed by atoms with Crippen LogP contribution in [-0.4, -0.2) is 93.1 Å². The van der Waals surface area contributed by atoms with Gasteiger partial charge in [0.1, 0.15) is 24.2 Å². The number of hydrogen-bond donors (Lipinski definition) is 5. The fraction of sp³-hybridized carbons (Fsp3) is 0.778. The molecule has 0 aromatic rings. The molecule has 2 saturated heterocycles. The molecule has 2 fully saturated rings. The van der Waals surface area contributed by atoms with E-state index in [0.717, 1.165) is 0 Å². The Labute approximate surface area is 169 Å². The van der Waals surface area contributed by atoms with Gasteiger partial charge in [-0.3, -0.25) is 19.2 Å². The van der Waals surface area contributed by atoms with Crippen molar-refractivity contribution in [1.29, 1.82) is 0 Å². The van der Waals surface area contributed by atoms with Gasteiger partial charge in [-0.25, -0.2) is 0 Å². The number of rotatable bonds is 7. The summed E-state index contributed by atoms with van der Waals surface area (Å²) in [7, 11) is 0. The molecule has 0 aromatic carbocycles. The van der Waals surface area contributed by atoms with Crippen LogP contribution in [0.4, 0.5) is 0 Å². The van der Waals surface area contributed by atoms with Crippen LogP contribution in [0, 0.1) is 0 Å². The third-order valence-electron chi connectivity index (χ3n) is 5.55. The van der Waals surface area contributed by atoms with Crippen LogP contribution in [0.2, 0.25) is 0 Å². The topological polar surface area (TPSA) is 179 Å². The van der Waals surface area contributed by atoms with Gasteiger partial charge in [0.25, 0.3) is 0 Å². The molecule has 0 aromatic heterocycles. The molecule has 0 bridgehead atoms. The zero-order valence-corrected chi connectivity index (χ0v) is 16.8. The van der Waals surface area contributed by atoms with Crippen molar-refractivity contribution in [3.05, 3.63) is 0 Å². The van der Waals surface area contributed by atoms with Gasteiger partial charge in [-0.2, -0.15) is 0 Å². The highest BCUT2D eigenvalue weighted by Crippen LogP contribution is 2.25. The number of carbonyl (C=O) groups excluding carboxylic acids is 4. The molecule has 2 aliphatic heterocycles. The number of primary amides is 1. The Kier molecular flexibility index (Phi) is 7.55. The van der Waals surface area contributed by atoms with Gasteiger partial charge in [-0.05, 0) is 39.5 Å². The van der Waals surface area contributed by atoms with E-state index in [1.165, 1.54) is 23.6 Å². The van der Waals surface area contributed by atoms with Gasteiger partial charge in [0.05, 0.1) is 12.2 Å². The SMILES string of the molecule is C[C@@H](O)[C@H](N)C(=O)N1CCC[C@@H]1C(=O)N1CCC[C@@H]1C(=O)N[C@H](C(N)=O)[C@@H](C)O. The van der Waals surface area contributed by atoms with Gasteiger partial charge >= 0.3 is 0 Å². The summed E-state index contributed by atoms with van der Waals surface area (Å²) in [6, 6.07) is -3.94. The van der Waals surface area contributed by atoms with Gasteiger partial charge in [0.15, 0.2) is 0 Å². The highest BCUT2D eigenvalue weighted by molar-refractivity contribution is 5.95. The van der Waals surface area contributed by atoms with Gasteiger partial charge in [0, 0.05) is 13.1 Å². The predicted octanol–water partition coefficient (Wildman–Crippen LogP) is -2.97. The number of aliphatic hydroxyl groups excluding tert-OH is 2. The van der Waals surface area contributed by atoms with Crippen molar-refractivity contribution in [3.63, 3.8) is 0 Å². The molecule has 4 amide bonds. The van der Waals surface area contributed by atoms with Crippen molar-refractivity contribution in [2.45, 2.75) is 75.9 Å². The molecule has 7 N–H and O–H groups in total. The first-order valence-electron chi connectivity index (χ1n) is 9.88. The summed E-state index contributed by atoms with van der Waals surface area (Å²) in [5, 5.41) is 21.6. The number of nitrogens with zero attached hydrogens (tertiary/aromatic N) is 2. The summed E-state index contributed by atoms with van der Waals surface area (Å²) < 4.78 is 0. The predicted molar refractivity (Wildman–Crippen MR) is 102 cm³/mol. The molecule has 0 radical (unpaired) electrons. The molecule has 2 aliphatic rings. The number of amides is 4. The Hall–Kier alpha value is -2.24. The lowest BCUT2D eigenvalue weighted by Gasteiger charge is -2.33. The van der Waals surface area contributed by atoms with Crippen molar-refractivity contribution in [3.8, 4) is 0 Å². The number of likely N-dealkylation sites (tertiary alicyclic amines) is 2. The highest BCUT2D eigenvalue weighted by Gasteiger charge is 2.43. The maximum absolute atomic E-state index is 13.1. The quantitative estimate of drug-likeness (QED) is 0.295. The summed E-state index contributed by atoms with van der Waals surface area (Å²) in [4.78, 5) is 52.5. The molecule has 164 valence electrons. The molecular formula is C18H31N5O6. The third kappa shape index (κ3) is 5.03. The normalized spacial score (nSPS) is 26.0. The number of nitrogens with one attached hydrogen (secondary N) is 1. The van der Waals surface area contributed by atoms with Crippen molar-refractivity contribution in [2.24, 2.45) is 11.5 Å². The molecular weight excluding hydrogens is 382 g/mol. The van der Waals surface area contributed by atoms with E-state index in [2.05, 4.69) is 5.32 Å². The monoisotopic (exact) mass is 413 g/mol. The number of carbonyl (C=O) groups is 4. The summed E-state index contributed by atoms with van der Waals surface area (Å²) in [6.45, 7) is 3.44. The lowest BCUT2D eigenvalue weighted by molar-refractivity contribution is -0.148. The smallest absolute Gasteiger partial charge is 0.246 e. The average Bonchev–Trinajstić information content (AvgIpc) is 3.32. The van der Waals surface area contributed by atoms with E-state index in [-0.39, 0.29) is 5.91 Å². The minimum atomic E-state index is -1.26. The second-order valence-corrected chi connectivity index (χ2v) is 7.77. The molecule has 11 nitrogen and oxygen atoms in total. The van der Waals surface area contributed by atoms with Crippen LogP contribution < -0.4 is 16.8 Å². The Bertz CT molecular complexity index is 655. The first-order valence-corrected chi connectivity index (χ1v) is 9.88. The molecule has 2 rings (SSSR count). The van der Waals surface area contributed by atoms with E-state index >= 15 is 0 Å². The van der Waals surface area contributed by atoms with Crippen molar-refractivity contribution in [1.82, 2.24) is 15.1 Å². The molecule has 2 heterocycles. The third-order valence-corrected chi connectivity index (χ3v) is 5.55. The summed E-state index contributed by atoms with van der Waals surface area (Å²) in [5.41, 5.74) is 11.0. The molecule has 0 unspecified atom stereocenters. The van der Waals surface area contributed by atoms with E-state index in [1.54, 1.807) is 0 Å². The van der Waals surface area contributed by atoms with Crippen LogP contribution in [0.5, 0.6) is 0 Å². The van der Waals surface area contributed by atoms with Crippen LogP contribution in [0.1, 0.15) is 39.5 Å². The molecule has 29 heavy (non-hydrogen) atoms. The molecule has 0 aliphatic carbocycles. The summed E-state index contributed by atoms with van der Waals surface area (Å²) >= 11 is 0. The second-order valence-electron chi connectivity index (χ2n) is 7.77. The van der Waals surface area contributed by atoms with Gasteiger partial charge in [-0.1, -0.05) is 0 Å². The highest BCUT2D eigenvalue weighted by atomic mass is 16.3. The molecule has 6 atom stereocenters. The van der Waals surface area contributed by atoms with Crippen LogP contribution in [0.15, 0.2) is 0 Å². The first-order chi connectivity index (χ1) is 13.6. The minimum absolute atomic E-state index is 0.341. The largest absolute Gasteiger partial charge is 0.391 e. The zero-order chi connectivity index (χ0) is 21.9. The van der Waals surface area contributed by atoms with Crippen molar-refractivity contribution >= 4 is 23.6 Å². The summed E-state index contributed by atoms with van der Waals surface area (Å²) in [6.07, 6.45) is -0.170. The Balaban J connectivity index is 2.11. The Morgan fingerprint density at radius 2 is 1.52 bits per heavy atom. The van der Waals surface area contributed by atoms with Crippen molar-refractivity contribution in [2.75, 3.05) is 13.1 Å². The summed E-state index contributed by atoms with van der Waals surface area (Å²) in [5.74, 6) is -2.31. The minimum Gasteiger partial charge on any atom is -0.391 e. The zero-order valence-electron chi connectivity index (χ0n) is 16.8. The number of hydrogen-bond acceptors (Lipinski definition) is 7. The fourth-order valence-corrected chi connectivity index (χ4v) is 3.86. The number of aliphatic hydroxyl groups is 2. The lowest BCUT2D eigenvalue weighted by Crippen LogP contribution is -2.58. The molecule has 0 saturated carbocycles. The molecule has 0 spiro atoms. The Morgan fingerprint density at radius 1 is 0.966 bits per heavy atom. The standard InChI is InChI=1S/C18H31N5O6/c1-9(24)13(19)18(29)23-8-4-6-12(23)17(28)22-7-3-5-11(22)16(27)21-14(10(2)25)15(20)26/h9-14,24-25H,3-8,19H2,1-2H3,(H2,20,26)(H,21,27)/t9-,10-,11-,12-,13+,14+/m1/s1. The van der Waals surface area contributed by atoms with Gasteiger partial charge in [0.2, 0.25) is 23.6 Å². The molecule has 11 heteroatoms. The lowest BCUT2D eigenvalue weighted by atomic mass is 10.1. The van der Waals surface area contributed by atoms with E-state index in [0.29, 0.717) is 38.8 Å². The van der Waals surface area contributed by atoms with E-state index in [4.69, 9.17) is 11.5 Å². The van der Waals surface area contributed by atoms with Crippen LogP contribution in [-0.2, 0) is 19.2 Å². The fourth-order valence-electron chi connectivity index (χ4n) is 3.86. The Morgan fingerprint density at radius 3 is 2.03 bits per heavy atom. The van der Waals surface area contributed by atoms with Crippen LogP contribution in [0.25, 0.3) is 0 Å². The number of nitrogens with two attached hydrogens (primary N) is 2. The average molecular weight is 413 g/mol. The van der Waals surface area contributed by atoms with E-state index in [9.17, 15) is 29.4 Å². The second kappa shape index (κ2) is 9.51. The first kappa shape index (κ1) is 23.0. The van der Waals surface area contributed by atoms with Gasteiger partial charge < -0.3 is 36.8 Å². The maximum Gasteiger partial charge on any atom is 0.246 e.